The molecule has 8 heteroatoms. The van der Waals surface area contributed by atoms with Crippen molar-refractivity contribution in [1.29, 1.82) is 0 Å². The van der Waals surface area contributed by atoms with Gasteiger partial charge in [-0.25, -0.2) is 0 Å². The molecule has 1 unspecified atom stereocenters. The normalized spacial score (nSPS) is 16.8. The predicted molar refractivity (Wildman–Crippen MR) is 77.4 cm³/mol. The van der Waals surface area contributed by atoms with Crippen LogP contribution in [0, 0.1) is 0 Å². The number of thioether (sulfide) groups is 1. The summed E-state index contributed by atoms with van der Waals surface area (Å²) in [7, 11) is 0. The summed E-state index contributed by atoms with van der Waals surface area (Å²) in [6, 6.07) is 6.82. The molecule has 2 amide bonds. The van der Waals surface area contributed by atoms with Gasteiger partial charge in [0.1, 0.15) is 5.75 Å². The van der Waals surface area contributed by atoms with Crippen molar-refractivity contribution in [3.05, 3.63) is 24.3 Å². The average Bonchev–Trinajstić information content (AvgIpc) is 2.45. The summed E-state index contributed by atoms with van der Waals surface area (Å²) in [6.07, 6.45) is -0.909. The lowest BCUT2D eigenvalue weighted by molar-refractivity contribution is -0.134. The summed E-state index contributed by atoms with van der Waals surface area (Å²) in [5.41, 5.74) is 5.79. The molecule has 3 N–H and O–H groups in total. The Kier molecular flexibility index (Phi) is 4.69. The number of ether oxygens (including phenoxy) is 1. The fourth-order valence-corrected chi connectivity index (χ4v) is 2.53. The van der Waals surface area contributed by atoms with Crippen LogP contribution in [-0.2, 0) is 14.4 Å². The second-order valence-corrected chi connectivity index (χ2v) is 5.35. The van der Waals surface area contributed by atoms with Crippen molar-refractivity contribution in [2.24, 2.45) is 5.73 Å². The third kappa shape index (κ3) is 3.66. The van der Waals surface area contributed by atoms with E-state index in [2.05, 4.69) is 0 Å². The number of nitrogens with two attached hydrogens (primary N) is 1. The third-order valence-corrected chi connectivity index (χ3v) is 3.75. The molecule has 0 fully saturated rings. The lowest BCUT2D eigenvalue weighted by atomic mass is 10.2. The second-order valence-electron chi connectivity index (χ2n) is 4.37. The van der Waals surface area contributed by atoms with E-state index in [0.29, 0.717) is 11.4 Å². The van der Waals surface area contributed by atoms with Gasteiger partial charge in [-0.1, -0.05) is 12.1 Å². The number of primary amides is 1. The highest BCUT2D eigenvalue weighted by Crippen LogP contribution is 2.33. The molecule has 0 aromatic heterocycles. The van der Waals surface area contributed by atoms with Gasteiger partial charge in [0.25, 0.3) is 5.91 Å². The Bertz CT molecular complexity index is 577. The van der Waals surface area contributed by atoms with E-state index in [1.54, 1.807) is 24.3 Å². The zero-order valence-corrected chi connectivity index (χ0v) is 11.8. The molecule has 1 aliphatic heterocycles. The molecule has 1 aliphatic rings. The van der Waals surface area contributed by atoms with Crippen LogP contribution in [0.3, 0.4) is 0 Å². The summed E-state index contributed by atoms with van der Waals surface area (Å²) in [6.45, 7) is 0.0266. The third-order valence-electron chi connectivity index (χ3n) is 2.84. The topological polar surface area (TPSA) is 110 Å². The highest BCUT2D eigenvalue weighted by molar-refractivity contribution is 8.00. The number of carbonyl (C=O) groups excluding carboxylic acids is 2. The number of carboxylic acids is 1. The second kappa shape index (κ2) is 6.49. The van der Waals surface area contributed by atoms with Crippen LogP contribution in [0.15, 0.2) is 24.3 Å². The molecule has 1 heterocycles. The largest absolute Gasteiger partial charge is 0.481 e. The molecule has 7 nitrogen and oxygen atoms in total. The van der Waals surface area contributed by atoms with Crippen molar-refractivity contribution in [1.82, 2.24) is 0 Å². The number of amides is 2. The number of hydrogen-bond donors (Lipinski definition) is 2. The van der Waals surface area contributed by atoms with Gasteiger partial charge in [-0.15, -0.1) is 11.8 Å². The number of benzene rings is 1. The maximum Gasteiger partial charge on any atom is 0.313 e. The number of hydrogen-bond acceptors (Lipinski definition) is 5. The molecule has 21 heavy (non-hydrogen) atoms. The molecule has 1 aromatic carbocycles. The van der Waals surface area contributed by atoms with Gasteiger partial charge >= 0.3 is 5.97 Å². The van der Waals surface area contributed by atoms with E-state index in [-0.39, 0.29) is 24.0 Å². The van der Waals surface area contributed by atoms with E-state index in [1.165, 1.54) is 4.90 Å². The molecule has 0 bridgehead atoms. The Morgan fingerprint density at radius 2 is 2.05 bits per heavy atom. The fraction of sp³-hybridized carbons (Fsp3) is 0.308. The summed E-state index contributed by atoms with van der Waals surface area (Å²) in [5.74, 6) is -1.67. The van der Waals surface area contributed by atoms with Crippen LogP contribution in [0.2, 0.25) is 0 Å². The van der Waals surface area contributed by atoms with Gasteiger partial charge in [-0.3, -0.25) is 14.4 Å². The van der Waals surface area contributed by atoms with Gasteiger partial charge < -0.3 is 20.5 Å². The van der Waals surface area contributed by atoms with Gasteiger partial charge in [-0.2, -0.15) is 0 Å². The molecule has 0 radical (unpaired) electrons. The molecule has 2 rings (SSSR count). The lowest BCUT2D eigenvalue weighted by Crippen LogP contribution is -2.49. The SMILES string of the molecule is NC(=O)C1CN(C(=O)CSCC(=O)O)c2ccccc2O1. The molecular weight excluding hydrogens is 296 g/mol. The van der Waals surface area contributed by atoms with Gasteiger partial charge in [-0.05, 0) is 12.1 Å². The molecule has 0 saturated carbocycles. The van der Waals surface area contributed by atoms with Crippen LogP contribution in [0.4, 0.5) is 5.69 Å². The van der Waals surface area contributed by atoms with Crippen LogP contribution in [0.5, 0.6) is 5.75 Å². The number of carbonyl (C=O) groups is 3. The van der Waals surface area contributed by atoms with Crippen molar-refractivity contribution in [2.45, 2.75) is 6.10 Å². The Hall–Kier alpha value is -2.22. The first kappa shape index (κ1) is 15.2. The fourth-order valence-electron chi connectivity index (χ4n) is 1.92. The van der Waals surface area contributed by atoms with Crippen LogP contribution < -0.4 is 15.4 Å². The standard InChI is InChI=1S/C13H14N2O5S/c14-13(19)10-5-15(11(16)6-21-7-12(17)18)8-3-1-2-4-9(8)20-10/h1-4,10H,5-7H2,(H2,14,19)(H,17,18). The van der Waals surface area contributed by atoms with Crippen molar-refractivity contribution < 1.29 is 24.2 Å². The van der Waals surface area contributed by atoms with Gasteiger partial charge in [0.15, 0.2) is 6.10 Å². The minimum atomic E-state index is -0.981. The highest BCUT2D eigenvalue weighted by Gasteiger charge is 2.32. The van der Waals surface area contributed by atoms with E-state index < -0.39 is 18.0 Å². The average molecular weight is 310 g/mol. The van der Waals surface area contributed by atoms with E-state index in [9.17, 15) is 14.4 Å². The zero-order chi connectivity index (χ0) is 15.4. The Labute approximate surface area is 125 Å². The molecular formula is C13H14N2O5S. The zero-order valence-electron chi connectivity index (χ0n) is 11.0. The van der Waals surface area contributed by atoms with E-state index in [4.69, 9.17) is 15.6 Å². The summed E-state index contributed by atoms with van der Waals surface area (Å²) in [5, 5.41) is 8.58. The van der Waals surface area contributed by atoms with Crippen molar-refractivity contribution in [3.63, 3.8) is 0 Å². The van der Waals surface area contributed by atoms with Crippen LogP contribution in [0.25, 0.3) is 0 Å². The minimum Gasteiger partial charge on any atom is -0.481 e. The van der Waals surface area contributed by atoms with Crippen molar-refractivity contribution >= 4 is 35.2 Å². The van der Waals surface area contributed by atoms with Crippen molar-refractivity contribution in [2.75, 3.05) is 23.0 Å². The summed E-state index contributed by atoms with van der Waals surface area (Å²) < 4.78 is 5.45. The van der Waals surface area contributed by atoms with E-state index in [1.807, 2.05) is 0 Å². The predicted octanol–water partition coefficient (Wildman–Crippen LogP) is 0.0837. The van der Waals surface area contributed by atoms with E-state index in [0.717, 1.165) is 11.8 Å². The van der Waals surface area contributed by atoms with Crippen LogP contribution >= 0.6 is 11.8 Å². The number of carboxylic acid groups (broad SMARTS) is 1. The molecule has 1 atom stereocenters. The number of fused-ring (bicyclic) bond motifs is 1. The molecule has 0 saturated heterocycles. The quantitative estimate of drug-likeness (QED) is 0.797. The van der Waals surface area contributed by atoms with E-state index >= 15 is 0 Å². The van der Waals surface area contributed by atoms with Gasteiger partial charge in [0.2, 0.25) is 5.91 Å². The number of rotatable bonds is 5. The Morgan fingerprint density at radius 1 is 1.33 bits per heavy atom. The minimum absolute atomic E-state index is 0.00607. The summed E-state index contributed by atoms with van der Waals surface area (Å²) in [4.78, 5) is 35.4. The number of aliphatic carboxylic acids is 1. The number of nitrogens with zero attached hydrogens (tertiary/aromatic N) is 1. The molecule has 0 spiro atoms. The summed E-state index contributed by atoms with van der Waals surface area (Å²) >= 11 is 1.000. The first-order chi connectivity index (χ1) is 9.99. The first-order valence-corrected chi connectivity index (χ1v) is 7.29. The maximum atomic E-state index is 12.2. The monoisotopic (exact) mass is 310 g/mol. The van der Waals surface area contributed by atoms with Crippen LogP contribution in [0.1, 0.15) is 0 Å². The first-order valence-electron chi connectivity index (χ1n) is 6.14. The molecule has 112 valence electrons. The Morgan fingerprint density at radius 3 is 2.71 bits per heavy atom. The highest BCUT2D eigenvalue weighted by atomic mass is 32.2. The van der Waals surface area contributed by atoms with Gasteiger partial charge in [0, 0.05) is 0 Å². The number of para-hydroxylation sites is 2. The Balaban J connectivity index is 2.15. The smallest absolute Gasteiger partial charge is 0.313 e. The van der Waals surface area contributed by atoms with Gasteiger partial charge in [0.05, 0.1) is 23.7 Å². The number of anilines is 1. The lowest BCUT2D eigenvalue weighted by Gasteiger charge is -2.33. The van der Waals surface area contributed by atoms with Crippen molar-refractivity contribution in [3.8, 4) is 5.75 Å². The maximum absolute atomic E-state index is 12.2. The molecule has 1 aromatic rings. The molecule has 0 aliphatic carbocycles. The van der Waals surface area contributed by atoms with Crippen LogP contribution in [-0.4, -0.2) is 47.0 Å².